The minimum absolute atomic E-state index is 0.0670. The number of carbonyl (C=O) groups is 2. The second-order valence-corrected chi connectivity index (χ2v) is 9.63. The molecule has 0 radical (unpaired) electrons. The Morgan fingerprint density at radius 1 is 1.19 bits per heavy atom. The van der Waals surface area contributed by atoms with E-state index in [1.165, 1.54) is 24.6 Å². The minimum atomic E-state index is -0.583. The maximum atomic E-state index is 13.2. The van der Waals surface area contributed by atoms with Crippen LogP contribution in [0, 0.1) is 0 Å². The van der Waals surface area contributed by atoms with Crippen LogP contribution in [0.1, 0.15) is 44.7 Å². The summed E-state index contributed by atoms with van der Waals surface area (Å²) in [5.74, 6) is 0.720. The second kappa shape index (κ2) is 11.8. The Morgan fingerprint density at radius 2 is 1.97 bits per heavy atom. The van der Waals surface area contributed by atoms with E-state index in [2.05, 4.69) is 10.2 Å². The van der Waals surface area contributed by atoms with Gasteiger partial charge >= 0.3 is 5.97 Å². The van der Waals surface area contributed by atoms with E-state index in [0.29, 0.717) is 34.5 Å². The largest absolute Gasteiger partial charge is 0.497 e. The molecule has 0 bridgehead atoms. The number of fused-ring (bicyclic) bond motifs is 1. The Morgan fingerprint density at radius 3 is 2.67 bits per heavy atom. The van der Waals surface area contributed by atoms with Crippen molar-refractivity contribution < 1.29 is 23.8 Å². The van der Waals surface area contributed by atoms with Gasteiger partial charge in [-0.2, -0.15) is 0 Å². The molecular formula is C26H34N4O5S. The van der Waals surface area contributed by atoms with E-state index in [1.807, 2.05) is 28.5 Å². The second-order valence-electron chi connectivity index (χ2n) is 8.80. The fraction of sp³-hybridized carbons (Fsp3) is 0.500. The first-order valence-corrected chi connectivity index (χ1v) is 13.2. The van der Waals surface area contributed by atoms with Gasteiger partial charge in [-0.3, -0.25) is 4.79 Å². The van der Waals surface area contributed by atoms with Gasteiger partial charge in [-0.25, -0.2) is 9.79 Å². The summed E-state index contributed by atoms with van der Waals surface area (Å²) in [7, 11) is 3.18. The zero-order chi connectivity index (χ0) is 25.7. The van der Waals surface area contributed by atoms with Crippen LogP contribution in [0.3, 0.4) is 0 Å². The number of hydrogen-bond donors (Lipinski definition) is 1. The van der Waals surface area contributed by atoms with Gasteiger partial charge in [0.1, 0.15) is 11.5 Å². The molecule has 1 saturated heterocycles. The van der Waals surface area contributed by atoms with Gasteiger partial charge in [-0.15, -0.1) is 0 Å². The van der Waals surface area contributed by atoms with Crippen molar-refractivity contribution in [3.05, 3.63) is 46.1 Å². The number of rotatable bonds is 10. The van der Waals surface area contributed by atoms with Crippen LogP contribution in [0.25, 0.3) is 0 Å². The molecule has 1 amide bonds. The number of nitrogens with one attached hydrogen (secondary N) is 1. The van der Waals surface area contributed by atoms with Crippen molar-refractivity contribution in [3.63, 3.8) is 0 Å². The molecule has 9 nitrogen and oxygen atoms in total. The van der Waals surface area contributed by atoms with E-state index in [-0.39, 0.29) is 18.9 Å². The molecule has 0 spiro atoms. The number of carbonyl (C=O) groups excluding carboxylic acids is 2. The van der Waals surface area contributed by atoms with Gasteiger partial charge in [0.25, 0.3) is 0 Å². The summed E-state index contributed by atoms with van der Waals surface area (Å²) < 4.78 is 16.6. The molecular weight excluding hydrogens is 480 g/mol. The van der Waals surface area contributed by atoms with Crippen molar-refractivity contribution in [2.24, 2.45) is 4.99 Å². The molecule has 1 aromatic carbocycles. The number of esters is 1. The number of amides is 1. The highest BCUT2D eigenvalue weighted by atomic mass is 32.2. The van der Waals surface area contributed by atoms with E-state index in [1.54, 1.807) is 28.1 Å². The number of allylic oxidation sites excluding steroid dienone is 1. The molecule has 3 heterocycles. The molecule has 1 N–H and O–H groups in total. The molecule has 3 aliphatic rings. The average Bonchev–Trinajstić information content (AvgIpc) is 3.53. The first-order valence-electron chi connectivity index (χ1n) is 12.3. The number of ether oxygens (including phenoxy) is 3. The number of thioether (sulfide) groups is 1. The van der Waals surface area contributed by atoms with Crippen LogP contribution in [-0.4, -0.2) is 73.8 Å². The zero-order valence-electron chi connectivity index (χ0n) is 21.3. The third-order valence-electron chi connectivity index (χ3n) is 6.52. The molecule has 36 heavy (non-hydrogen) atoms. The lowest BCUT2D eigenvalue weighted by Crippen LogP contribution is -2.39. The molecule has 1 fully saturated rings. The lowest BCUT2D eigenvalue weighted by atomic mass is 9.93. The van der Waals surface area contributed by atoms with Crippen molar-refractivity contribution in [2.45, 2.75) is 39.2 Å². The van der Waals surface area contributed by atoms with Crippen LogP contribution < -0.4 is 14.8 Å². The molecule has 3 aliphatic heterocycles. The van der Waals surface area contributed by atoms with Crippen molar-refractivity contribution in [3.8, 4) is 11.5 Å². The Hall–Kier alpha value is -2.98. The highest BCUT2D eigenvalue weighted by Crippen LogP contribution is 2.47. The Bertz CT molecular complexity index is 1090. The van der Waals surface area contributed by atoms with Crippen molar-refractivity contribution >= 4 is 28.8 Å². The molecule has 0 aromatic heterocycles. The third-order valence-corrected chi connectivity index (χ3v) is 7.41. The van der Waals surface area contributed by atoms with E-state index >= 15 is 0 Å². The SMILES string of the molecule is CCOC(=O)C1=C(C)N=C2SC=C(CC(=O)NCCN3CCCC3)N2C1c1cc(OC)ccc1OC. The summed E-state index contributed by atoms with van der Waals surface area (Å²) in [6.07, 6.45) is 2.62. The number of methoxy groups -OCH3 is 2. The van der Waals surface area contributed by atoms with Gasteiger partial charge in [0.2, 0.25) is 5.91 Å². The normalized spacial score (nSPS) is 19.6. The number of benzene rings is 1. The van der Waals surface area contributed by atoms with E-state index in [0.717, 1.165) is 30.9 Å². The molecule has 1 atom stereocenters. The van der Waals surface area contributed by atoms with E-state index in [9.17, 15) is 9.59 Å². The summed E-state index contributed by atoms with van der Waals surface area (Å²) in [4.78, 5) is 35.1. The molecule has 0 aliphatic carbocycles. The van der Waals surface area contributed by atoms with Crippen molar-refractivity contribution in [1.29, 1.82) is 0 Å². The topological polar surface area (TPSA) is 92.7 Å². The van der Waals surface area contributed by atoms with Gasteiger partial charge in [0.05, 0.1) is 44.6 Å². The van der Waals surface area contributed by atoms with Gasteiger partial charge in [0.15, 0.2) is 5.17 Å². The number of nitrogens with zero attached hydrogens (tertiary/aromatic N) is 3. The molecule has 194 valence electrons. The minimum Gasteiger partial charge on any atom is -0.497 e. The molecule has 1 unspecified atom stereocenters. The average molecular weight is 515 g/mol. The molecule has 10 heteroatoms. The fourth-order valence-corrected chi connectivity index (χ4v) is 5.74. The summed E-state index contributed by atoms with van der Waals surface area (Å²) in [5, 5.41) is 5.68. The predicted molar refractivity (Wildman–Crippen MR) is 140 cm³/mol. The number of hydrogen-bond acceptors (Lipinski definition) is 9. The van der Waals surface area contributed by atoms with Crippen molar-refractivity contribution in [2.75, 3.05) is 47.0 Å². The molecule has 1 aromatic rings. The van der Waals surface area contributed by atoms with Gasteiger partial charge in [-0.05, 0) is 63.4 Å². The van der Waals surface area contributed by atoms with E-state index < -0.39 is 12.0 Å². The number of likely N-dealkylation sites (tertiary alicyclic amines) is 1. The molecule has 0 saturated carbocycles. The smallest absolute Gasteiger partial charge is 0.338 e. The van der Waals surface area contributed by atoms with Crippen LogP contribution in [0.15, 0.2) is 45.6 Å². The van der Waals surface area contributed by atoms with E-state index in [4.69, 9.17) is 19.2 Å². The lowest BCUT2D eigenvalue weighted by molar-refractivity contribution is -0.139. The zero-order valence-corrected chi connectivity index (χ0v) is 22.2. The van der Waals surface area contributed by atoms with Crippen LogP contribution >= 0.6 is 11.8 Å². The standard InChI is InChI=1S/C26H34N4O5S/c1-5-35-25(32)23-17(2)28-26-30(24(23)20-15-19(33-3)8-9-21(20)34-4)18(16-36-26)14-22(31)27-10-13-29-11-6-7-12-29/h8-9,15-16,24H,5-7,10-14H2,1-4H3,(H,27,31). The number of amidine groups is 1. The highest BCUT2D eigenvalue weighted by molar-refractivity contribution is 8.16. The lowest BCUT2D eigenvalue weighted by Gasteiger charge is -2.36. The van der Waals surface area contributed by atoms with Crippen LogP contribution in [-0.2, 0) is 14.3 Å². The molecule has 4 rings (SSSR count). The van der Waals surface area contributed by atoms with Crippen LogP contribution in [0.4, 0.5) is 0 Å². The highest BCUT2D eigenvalue weighted by Gasteiger charge is 2.42. The quantitative estimate of drug-likeness (QED) is 0.475. The Balaban J connectivity index is 1.63. The summed E-state index contributed by atoms with van der Waals surface area (Å²) in [6, 6.07) is 4.90. The maximum Gasteiger partial charge on any atom is 0.338 e. The van der Waals surface area contributed by atoms with Crippen LogP contribution in [0.2, 0.25) is 0 Å². The summed E-state index contributed by atoms with van der Waals surface area (Å²) in [6.45, 7) is 7.48. The van der Waals surface area contributed by atoms with Gasteiger partial charge in [-0.1, -0.05) is 11.8 Å². The third kappa shape index (κ3) is 5.54. The monoisotopic (exact) mass is 514 g/mol. The summed E-state index contributed by atoms with van der Waals surface area (Å²) in [5.41, 5.74) is 2.48. The first-order chi connectivity index (χ1) is 17.5. The van der Waals surface area contributed by atoms with Crippen molar-refractivity contribution in [1.82, 2.24) is 15.1 Å². The Labute approximate surface area is 216 Å². The number of aliphatic imine (C=N–C) groups is 1. The summed E-state index contributed by atoms with van der Waals surface area (Å²) >= 11 is 1.44. The van der Waals surface area contributed by atoms with Gasteiger partial charge < -0.3 is 29.3 Å². The first kappa shape index (κ1) is 26.1. The fourth-order valence-electron chi connectivity index (χ4n) is 4.77. The Kier molecular flexibility index (Phi) is 8.58. The predicted octanol–water partition coefficient (Wildman–Crippen LogP) is 3.44. The van der Waals surface area contributed by atoms with Crippen LogP contribution in [0.5, 0.6) is 11.5 Å². The van der Waals surface area contributed by atoms with Gasteiger partial charge in [0, 0.05) is 24.4 Å². The maximum absolute atomic E-state index is 13.2.